The Morgan fingerprint density at radius 2 is 2.00 bits per heavy atom. The number of nitrogens with one attached hydrogen (secondary N) is 2. The summed E-state index contributed by atoms with van der Waals surface area (Å²) in [5.74, 6) is 1.36. The first kappa shape index (κ1) is 10.3. The maximum absolute atomic E-state index is 6.08. The quantitative estimate of drug-likeness (QED) is 0.664. The smallest absolute Gasteiger partial charge is 0.148 e. The van der Waals surface area contributed by atoms with E-state index in [1.807, 2.05) is 0 Å². The SMILES string of the molecule is CC(C)c1n[nH]c(N2CCNCC2)c1N. The van der Waals surface area contributed by atoms with Crippen molar-refractivity contribution < 1.29 is 0 Å². The van der Waals surface area contributed by atoms with E-state index in [-0.39, 0.29) is 0 Å². The molecule has 0 bridgehead atoms. The van der Waals surface area contributed by atoms with Crippen molar-refractivity contribution >= 4 is 11.5 Å². The Labute approximate surface area is 90.0 Å². The first-order valence-corrected chi connectivity index (χ1v) is 5.49. The first-order chi connectivity index (χ1) is 7.20. The van der Waals surface area contributed by atoms with Crippen molar-refractivity contribution in [1.29, 1.82) is 0 Å². The van der Waals surface area contributed by atoms with Gasteiger partial charge in [0.1, 0.15) is 5.82 Å². The van der Waals surface area contributed by atoms with Gasteiger partial charge in [0.15, 0.2) is 0 Å². The summed E-state index contributed by atoms with van der Waals surface area (Å²) in [6, 6.07) is 0. The van der Waals surface area contributed by atoms with E-state index in [4.69, 9.17) is 5.73 Å². The maximum Gasteiger partial charge on any atom is 0.148 e. The number of aromatic nitrogens is 2. The number of anilines is 2. The van der Waals surface area contributed by atoms with E-state index in [0.29, 0.717) is 5.92 Å². The van der Waals surface area contributed by atoms with Crippen molar-refractivity contribution in [2.75, 3.05) is 36.8 Å². The fourth-order valence-electron chi connectivity index (χ4n) is 1.92. The van der Waals surface area contributed by atoms with Crippen LogP contribution < -0.4 is 16.0 Å². The summed E-state index contributed by atoms with van der Waals surface area (Å²) in [4.78, 5) is 2.25. The van der Waals surface area contributed by atoms with E-state index in [2.05, 4.69) is 34.3 Å². The third-order valence-electron chi connectivity index (χ3n) is 2.79. The molecule has 2 heterocycles. The van der Waals surface area contributed by atoms with Crippen LogP contribution >= 0.6 is 0 Å². The lowest BCUT2D eigenvalue weighted by Crippen LogP contribution is -2.43. The van der Waals surface area contributed by atoms with Crippen LogP contribution in [-0.2, 0) is 0 Å². The Balaban J connectivity index is 2.20. The molecular weight excluding hydrogens is 190 g/mol. The molecule has 0 unspecified atom stereocenters. The van der Waals surface area contributed by atoms with Gasteiger partial charge in [-0.15, -0.1) is 0 Å². The van der Waals surface area contributed by atoms with Crippen LogP contribution in [0.3, 0.4) is 0 Å². The molecule has 0 spiro atoms. The zero-order chi connectivity index (χ0) is 10.8. The second-order valence-electron chi connectivity index (χ2n) is 4.26. The van der Waals surface area contributed by atoms with Gasteiger partial charge in [-0.25, -0.2) is 0 Å². The van der Waals surface area contributed by atoms with Crippen LogP contribution in [0, 0.1) is 0 Å². The Morgan fingerprint density at radius 3 is 2.53 bits per heavy atom. The van der Waals surface area contributed by atoms with E-state index in [1.165, 1.54) is 0 Å². The second-order valence-corrected chi connectivity index (χ2v) is 4.26. The van der Waals surface area contributed by atoms with Gasteiger partial charge < -0.3 is 16.0 Å². The minimum absolute atomic E-state index is 0.373. The lowest BCUT2D eigenvalue weighted by molar-refractivity contribution is 0.585. The molecule has 1 aliphatic rings. The minimum Gasteiger partial charge on any atom is -0.394 e. The zero-order valence-electron chi connectivity index (χ0n) is 9.38. The number of nitrogens with zero attached hydrogens (tertiary/aromatic N) is 2. The van der Waals surface area contributed by atoms with Gasteiger partial charge in [-0.2, -0.15) is 5.10 Å². The highest BCUT2D eigenvalue weighted by Crippen LogP contribution is 2.28. The topological polar surface area (TPSA) is 70.0 Å². The number of hydrogen-bond donors (Lipinski definition) is 3. The molecule has 84 valence electrons. The van der Waals surface area contributed by atoms with Gasteiger partial charge in [-0.05, 0) is 5.92 Å². The highest BCUT2D eigenvalue weighted by Gasteiger charge is 2.19. The molecule has 0 aromatic carbocycles. The summed E-state index contributed by atoms with van der Waals surface area (Å²) < 4.78 is 0. The van der Waals surface area contributed by atoms with Crippen molar-refractivity contribution in [1.82, 2.24) is 15.5 Å². The van der Waals surface area contributed by atoms with Crippen LogP contribution in [0.2, 0.25) is 0 Å². The molecule has 5 nitrogen and oxygen atoms in total. The molecule has 0 amide bonds. The molecule has 0 saturated carbocycles. The highest BCUT2D eigenvalue weighted by atomic mass is 15.3. The molecule has 5 heteroatoms. The normalized spacial score (nSPS) is 17.4. The summed E-state index contributed by atoms with van der Waals surface area (Å²) in [5.41, 5.74) is 7.87. The fourth-order valence-corrected chi connectivity index (χ4v) is 1.92. The van der Waals surface area contributed by atoms with Crippen molar-refractivity contribution in [3.05, 3.63) is 5.69 Å². The van der Waals surface area contributed by atoms with Crippen molar-refractivity contribution in [2.24, 2.45) is 0 Å². The van der Waals surface area contributed by atoms with Crippen LogP contribution in [0.5, 0.6) is 0 Å². The van der Waals surface area contributed by atoms with Gasteiger partial charge >= 0.3 is 0 Å². The van der Waals surface area contributed by atoms with Gasteiger partial charge in [0.05, 0.1) is 11.4 Å². The van der Waals surface area contributed by atoms with E-state index in [0.717, 1.165) is 43.4 Å². The fraction of sp³-hybridized carbons (Fsp3) is 0.700. The molecule has 0 atom stereocenters. The largest absolute Gasteiger partial charge is 0.394 e. The number of nitrogen functional groups attached to an aromatic ring is 1. The first-order valence-electron chi connectivity index (χ1n) is 5.49. The predicted octanol–water partition coefficient (Wildman–Crippen LogP) is 0.525. The van der Waals surface area contributed by atoms with Crippen molar-refractivity contribution in [3.8, 4) is 0 Å². The average molecular weight is 209 g/mol. The third kappa shape index (κ3) is 1.92. The Hall–Kier alpha value is -1.23. The van der Waals surface area contributed by atoms with Gasteiger partial charge in [-0.3, -0.25) is 5.10 Å². The van der Waals surface area contributed by atoms with Gasteiger partial charge in [0.2, 0.25) is 0 Å². The molecule has 0 aliphatic carbocycles. The Bertz CT molecular complexity index is 325. The molecule has 1 aliphatic heterocycles. The summed E-state index contributed by atoms with van der Waals surface area (Å²) in [6.07, 6.45) is 0. The molecule has 1 aromatic heterocycles. The molecule has 0 radical (unpaired) electrons. The van der Waals surface area contributed by atoms with Gasteiger partial charge in [0, 0.05) is 26.2 Å². The summed E-state index contributed by atoms with van der Waals surface area (Å²) in [6.45, 7) is 8.21. The molecule has 4 N–H and O–H groups in total. The molecular formula is C10H19N5. The number of aromatic amines is 1. The van der Waals surface area contributed by atoms with Crippen LogP contribution in [0.25, 0.3) is 0 Å². The highest BCUT2D eigenvalue weighted by molar-refractivity contribution is 5.66. The Kier molecular flexibility index (Phi) is 2.81. The summed E-state index contributed by atoms with van der Waals surface area (Å²) in [7, 11) is 0. The number of piperazine rings is 1. The van der Waals surface area contributed by atoms with E-state index >= 15 is 0 Å². The number of nitrogens with two attached hydrogens (primary N) is 1. The Morgan fingerprint density at radius 1 is 1.33 bits per heavy atom. The minimum atomic E-state index is 0.373. The summed E-state index contributed by atoms with van der Waals surface area (Å²) in [5, 5.41) is 10.6. The van der Waals surface area contributed by atoms with Gasteiger partial charge in [-0.1, -0.05) is 13.8 Å². The maximum atomic E-state index is 6.08. The molecule has 1 fully saturated rings. The van der Waals surface area contributed by atoms with Gasteiger partial charge in [0.25, 0.3) is 0 Å². The molecule has 15 heavy (non-hydrogen) atoms. The summed E-state index contributed by atoms with van der Waals surface area (Å²) >= 11 is 0. The lowest BCUT2D eigenvalue weighted by Gasteiger charge is -2.28. The molecule has 1 saturated heterocycles. The third-order valence-corrected chi connectivity index (χ3v) is 2.79. The van der Waals surface area contributed by atoms with Crippen LogP contribution in [0.4, 0.5) is 11.5 Å². The number of hydrogen-bond acceptors (Lipinski definition) is 4. The standard InChI is InChI=1S/C10H19N5/c1-7(2)9-8(11)10(14-13-9)15-5-3-12-4-6-15/h7,12H,3-6,11H2,1-2H3,(H,13,14). The molecule has 2 rings (SSSR count). The molecule has 1 aromatic rings. The van der Waals surface area contributed by atoms with E-state index in [9.17, 15) is 0 Å². The zero-order valence-corrected chi connectivity index (χ0v) is 9.38. The lowest BCUT2D eigenvalue weighted by atomic mass is 10.1. The van der Waals surface area contributed by atoms with Crippen molar-refractivity contribution in [2.45, 2.75) is 19.8 Å². The van der Waals surface area contributed by atoms with E-state index < -0.39 is 0 Å². The van der Waals surface area contributed by atoms with Crippen LogP contribution in [0.1, 0.15) is 25.5 Å². The number of H-pyrrole nitrogens is 1. The predicted molar refractivity (Wildman–Crippen MR) is 62.2 cm³/mol. The van der Waals surface area contributed by atoms with Crippen LogP contribution in [-0.4, -0.2) is 36.4 Å². The van der Waals surface area contributed by atoms with Crippen molar-refractivity contribution in [3.63, 3.8) is 0 Å². The number of rotatable bonds is 2. The monoisotopic (exact) mass is 209 g/mol. The van der Waals surface area contributed by atoms with E-state index in [1.54, 1.807) is 0 Å². The average Bonchev–Trinajstić information content (AvgIpc) is 2.61. The second kappa shape index (κ2) is 4.10. The van der Waals surface area contributed by atoms with Crippen LogP contribution in [0.15, 0.2) is 0 Å².